The molecule has 0 saturated carbocycles. The van der Waals surface area contributed by atoms with Gasteiger partial charge in [0.25, 0.3) is 5.91 Å². The molecule has 3 aromatic rings. The summed E-state index contributed by atoms with van der Waals surface area (Å²) in [6.07, 6.45) is 2.30. The zero-order valence-electron chi connectivity index (χ0n) is 26.1. The summed E-state index contributed by atoms with van der Waals surface area (Å²) in [6, 6.07) is 21.1. The number of nitrogens with zero attached hydrogens (tertiary/aromatic N) is 1. The van der Waals surface area contributed by atoms with E-state index in [-0.39, 0.29) is 30.1 Å². The van der Waals surface area contributed by atoms with E-state index in [1.807, 2.05) is 73.5 Å². The minimum absolute atomic E-state index is 0.0535. The number of carbonyl (C=O) groups excluding carboxylic acids is 3. The quantitative estimate of drug-likeness (QED) is 0.212. The van der Waals surface area contributed by atoms with Crippen LogP contribution in [0, 0.1) is 5.92 Å². The topological polar surface area (TPSA) is 111 Å². The molecule has 3 amide bonds. The minimum atomic E-state index is -0.665. The molecule has 3 atom stereocenters. The molecule has 0 aromatic heterocycles. The van der Waals surface area contributed by atoms with Crippen molar-refractivity contribution in [2.45, 2.75) is 63.7 Å². The number of thioether (sulfide) groups is 1. The molecule has 8 nitrogen and oxygen atoms in total. The van der Waals surface area contributed by atoms with Crippen LogP contribution in [0.5, 0.6) is 0 Å². The lowest BCUT2D eigenvalue weighted by atomic mass is 9.98. The molecule has 4 rings (SSSR count). The van der Waals surface area contributed by atoms with Gasteiger partial charge in [-0.05, 0) is 78.6 Å². The van der Waals surface area contributed by atoms with Gasteiger partial charge in [-0.25, -0.2) is 0 Å². The zero-order chi connectivity index (χ0) is 31.6. The van der Waals surface area contributed by atoms with E-state index in [4.69, 9.17) is 0 Å². The van der Waals surface area contributed by atoms with E-state index in [1.54, 1.807) is 18.7 Å². The predicted molar refractivity (Wildman–Crippen MR) is 176 cm³/mol. The van der Waals surface area contributed by atoms with E-state index < -0.39 is 12.1 Å². The second-order valence-electron chi connectivity index (χ2n) is 11.6. The molecule has 4 N–H and O–H groups in total. The van der Waals surface area contributed by atoms with Crippen molar-refractivity contribution in [1.82, 2.24) is 20.9 Å². The summed E-state index contributed by atoms with van der Waals surface area (Å²) >= 11 is 1.65. The van der Waals surface area contributed by atoms with Crippen LogP contribution in [-0.2, 0) is 29.1 Å². The number of aliphatic hydroxyl groups excluding tert-OH is 1. The summed E-state index contributed by atoms with van der Waals surface area (Å²) in [7, 11) is 0. The molecule has 9 heteroatoms. The molecule has 0 aliphatic carbocycles. The molecule has 0 saturated heterocycles. The van der Waals surface area contributed by atoms with Crippen LogP contribution >= 0.6 is 11.8 Å². The standard InChI is InChI=1S/C35H44N4O4S/c1-5-37-34(42)31-9-7-6-8-30(31)26-12-10-25(11-13-26)21-39-22-27-14-15-29(44-4)17-28(27)18-32(35(39)43)38-33(41)16-23(2)19-36-20-24(3)40/h6-15,17,23-24,32,36,40H,5,16,18-22H2,1-4H3,(H,37,42)(H,38,41)/t23?,24-,32-/m1/s1. The average molecular weight is 617 g/mol. The first-order valence-corrected chi connectivity index (χ1v) is 16.5. The van der Waals surface area contributed by atoms with Crippen molar-refractivity contribution in [3.8, 4) is 11.1 Å². The Labute approximate surface area is 265 Å². The highest BCUT2D eigenvalue weighted by molar-refractivity contribution is 7.98. The average Bonchev–Trinajstić information content (AvgIpc) is 3.12. The lowest BCUT2D eigenvalue weighted by Gasteiger charge is -2.26. The molecule has 0 bridgehead atoms. The maximum atomic E-state index is 13.9. The Morgan fingerprint density at radius 1 is 1.02 bits per heavy atom. The van der Waals surface area contributed by atoms with Crippen molar-refractivity contribution in [2.24, 2.45) is 5.92 Å². The van der Waals surface area contributed by atoms with E-state index in [0.717, 1.165) is 32.7 Å². The van der Waals surface area contributed by atoms with Crippen LogP contribution in [0.1, 0.15) is 54.2 Å². The molecule has 234 valence electrons. The van der Waals surface area contributed by atoms with Crippen molar-refractivity contribution in [1.29, 1.82) is 0 Å². The zero-order valence-corrected chi connectivity index (χ0v) is 26.9. The second-order valence-corrected chi connectivity index (χ2v) is 12.5. The van der Waals surface area contributed by atoms with Gasteiger partial charge in [0, 0.05) is 49.5 Å². The highest BCUT2D eigenvalue weighted by Gasteiger charge is 2.31. The number of hydrogen-bond donors (Lipinski definition) is 4. The number of nitrogens with one attached hydrogen (secondary N) is 3. The third-order valence-electron chi connectivity index (χ3n) is 7.76. The van der Waals surface area contributed by atoms with Gasteiger partial charge in [0.1, 0.15) is 6.04 Å². The van der Waals surface area contributed by atoms with E-state index in [2.05, 4.69) is 34.1 Å². The van der Waals surface area contributed by atoms with Gasteiger partial charge in [0.2, 0.25) is 11.8 Å². The summed E-state index contributed by atoms with van der Waals surface area (Å²) in [5.74, 6) is -0.318. The Kier molecular flexibility index (Phi) is 12.0. The van der Waals surface area contributed by atoms with Gasteiger partial charge < -0.3 is 26.0 Å². The SMILES string of the molecule is CCNC(=O)c1ccccc1-c1ccc(CN2Cc3ccc(SC)cc3C[C@@H](NC(=O)CC(C)CNC[C@@H](C)O)C2=O)cc1. The molecule has 1 heterocycles. The lowest BCUT2D eigenvalue weighted by Crippen LogP contribution is -2.48. The number of aliphatic hydroxyl groups is 1. The second kappa shape index (κ2) is 15.9. The molecular formula is C35H44N4O4S. The molecule has 1 aliphatic rings. The molecule has 0 fully saturated rings. The molecule has 44 heavy (non-hydrogen) atoms. The van der Waals surface area contributed by atoms with Crippen molar-refractivity contribution in [3.63, 3.8) is 0 Å². The van der Waals surface area contributed by atoms with Gasteiger partial charge in [-0.15, -0.1) is 11.8 Å². The molecule has 0 spiro atoms. The van der Waals surface area contributed by atoms with Crippen LogP contribution < -0.4 is 16.0 Å². The number of hydrogen-bond acceptors (Lipinski definition) is 6. The number of benzene rings is 3. The third-order valence-corrected chi connectivity index (χ3v) is 8.48. The number of amides is 3. The van der Waals surface area contributed by atoms with Crippen molar-refractivity contribution < 1.29 is 19.5 Å². The van der Waals surface area contributed by atoms with Crippen LogP contribution in [0.2, 0.25) is 0 Å². The monoisotopic (exact) mass is 616 g/mol. The molecule has 0 radical (unpaired) electrons. The van der Waals surface area contributed by atoms with Crippen molar-refractivity contribution in [3.05, 3.63) is 89.0 Å². The summed E-state index contributed by atoms with van der Waals surface area (Å²) in [5, 5.41) is 18.6. The van der Waals surface area contributed by atoms with Gasteiger partial charge in [-0.3, -0.25) is 14.4 Å². The Morgan fingerprint density at radius 3 is 2.48 bits per heavy atom. The first kappa shape index (κ1) is 33.2. The van der Waals surface area contributed by atoms with E-state index in [9.17, 15) is 19.5 Å². The van der Waals surface area contributed by atoms with Crippen LogP contribution in [0.15, 0.2) is 71.6 Å². The maximum Gasteiger partial charge on any atom is 0.251 e. The van der Waals surface area contributed by atoms with Crippen LogP contribution in [-0.4, -0.2) is 65.8 Å². The number of rotatable bonds is 13. The summed E-state index contributed by atoms with van der Waals surface area (Å²) in [4.78, 5) is 42.6. The van der Waals surface area contributed by atoms with E-state index in [1.165, 1.54) is 0 Å². The van der Waals surface area contributed by atoms with Gasteiger partial charge in [0.15, 0.2) is 0 Å². The fraction of sp³-hybridized carbons (Fsp3) is 0.400. The normalized spacial score (nSPS) is 16.1. The largest absolute Gasteiger partial charge is 0.392 e. The van der Waals surface area contributed by atoms with Gasteiger partial charge in [-0.2, -0.15) is 0 Å². The maximum absolute atomic E-state index is 13.9. The Morgan fingerprint density at radius 2 is 1.77 bits per heavy atom. The fourth-order valence-electron chi connectivity index (χ4n) is 5.51. The van der Waals surface area contributed by atoms with Crippen molar-refractivity contribution >= 4 is 29.5 Å². The van der Waals surface area contributed by atoms with Crippen molar-refractivity contribution in [2.75, 3.05) is 25.9 Å². The Bertz CT molecular complexity index is 1440. The van der Waals surface area contributed by atoms with Crippen LogP contribution in [0.4, 0.5) is 0 Å². The summed E-state index contributed by atoms with van der Waals surface area (Å²) in [5.41, 5.74) is 5.52. The summed E-state index contributed by atoms with van der Waals surface area (Å²) in [6.45, 7) is 8.08. The molecule has 1 unspecified atom stereocenters. The molecular weight excluding hydrogens is 572 g/mol. The first-order valence-electron chi connectivity index (χ1n) is 15.3. The van der Waals surface area contributed by atoms with Gasteiger partial charge in [0.05, 0.1) is 6.10 Å². The Hall–Kier alpha value is -3.66. The highest BCUT2D eigenvalue weighted by Crippen LogP contribution is 2.28. The lowest BCUT2D eigenvalue weighted by molar-refractivity contribution is -0.137. The highest BCUT2D eigenvalue weighted by atomic mass is 32.2. The van der Waals surface area contributed by atoms with Gasteiger partial charge >= 0.3 is 0 Å². The van der Waals surface area contributed by atoms with Crippen LogP contribution in [0.25, 0.3) is 11.1 Å². The molecule has 3 aromatic carbocycles. The van der Waals surface area contributed by atoms with E-state index >= 15 is 0 Å². The molecule has 1 aliphatic heterocycles. The number of carbonyl (C=O) groups is 3. The first-order chi connectivity index (χ1) is 21.2. The number of fused-ring (bicyclic) bond motifs is 1. The van der Waals surface area contributed by atoms with Gasteiger partial charge in [-0.1, -0.05) is 55.5 Å². The minimum Gasteiger partial charge on any atom is -0.392 e. The fourth-order valence-corrected chi connectivity index (χ4v) is 5.97. The predicted octanol–water partition coefficient (Wildman–Crippen LogP) is 4.39. The van der Waals surface area contributed by atoms with Crippen LogP contribution in [0.3, 0.4) is 0 Å². The smallest absolute Gasteiger partial charge is 0.251 e. The van der Waals surface area contributed by atoms with E-state index in [0.29, 0.717) is 44.7 Å². The summed E-state index contributed by atoms with van der Waals surface area (Å²) < 4.78 is 0. The third kappa shape index (κ3) is 8.94. The Balaban J connectivity index is 1.52.